The normalized spacial score (nSPS) is 15.2. The van der Waals surface area contributed by atoms with E-state index in [2.05, 4.69) is 30.3 Å². The van der Waals surface area contributed by atoms with Crippen LogP contribution in [0.15, 0.2) is 46.2 Å². The van der Waals surface area contributed by atoms with E-state index in [0.717, 1.165) is 15.5 Å². The van der Waals surface area contributed by atoms with Crippen molar-refractivity contribution in [3.63, 3.8) is 0 Å². The Balaban J connectivity index is 1.84. The molecule has 0 amide bonds. The number of hydrogen-bond donors (Lipinski definition) is 1. The number of hydrogen-bond acceptors (Lipinski definition) is 2. The third kappa shape index (κ3) is 2.88. The molecule has 1 atom stereocenters. The maximum absolute atomic E-state index is 6.36. The molecule has 0 radical (unpaired) electrons. The summed E-state index contributed by atoms with van der Waals surface area (Å²) in [6.45, 7) is 1.97. The van der Waals surface area contributed by atoms with Crippen molar-refractivity contribution in [2.24, 2.45) is 5.73 Å². The molecule has 0 aliphatic heterocycles. The lowest BCUT2D eigenvalue weighted by Crippen LogP contribution is -2.04. The first-order chi connectivity index (χ1) is 9.63. The molecule has 2 aromatic carbocycles. The zero-order valence-corrected chi connectivity index (χ0v) is 13.1. The van der Waals surface area contributed by atoms with Gasteiger partial charge < -0.3 is 5.73 Å². The summed E-state index contributed by atoms with van der Waals surface area (Å²) in [5.74, 6) is 0. The standard InChI is InChI=1S/C17H18ClNS/c1-11(19)13-6-8-17(16(18)10-13)20-15-7-5-12-3-2-4-14(12)9-15/h5-11H,2-4,19H2,1H3/t11-/m0/s1. The maximum Gasteiger partial charge on any atom is 0.0548 e. The van der Waals surface area contributed by atoms with Crippen LogP contribution < -0.4 is 5.73 Å². The summed E-state index contributed by atoms with van der Waals surface area (Å²) in [7, 11) is 0. The minimum absolute atomic E-state index is 0.0199. The minimum Gasteiger partial charge on any atom is -0.324 e. The second-order valence-electron chi connectivity index (χ2n) is 5.36. The van der Waals surface area contributed by atoms with Gasteiger partial charge in [-0.15, -0.1) is 0 Å². The molecule has 20 heavy (non-hydrogen) atoms. The smallest absolute Gasteiger partial charge is 0.0548 e. The SMILES string of the molecule is C[C@H](N)c1ccc(Sc2ccc3c(c2)CCC3)c(Cl)c1. The van der Waals surface area contributed by atoms with Crippen LogP contribution in [0, 0.1) is 0 Å². The molecule has 1 aliphatic rings. The van der Waals surface area contributed by atoms with E-state index in [-0.39, 0.29) is 6.04 Å². The summed E-state index contributed by atoms with van der Waals surface area (Å²) in [5.41, 5.74) is 9.96. The highest BCUT2D eigenvalue weighted by Crippen LogP contribution is 2.36. The Morgan fingerprint density at radius 1 is 1.10 bits per heavy atom. The summed E-state index contributed by atoms with van der Waals surface area (Å²) in [6, 6.07) is 12.9. The van der Waals surface area contributed by atoms with Gasteiger partial charge in [-0.2, -0.15) is 0 Å². The lowest BCUT2D eigenvalue weighted by Gasteiger charge is -2.10. The van der Waals surface area contributed by atoms with Gasteiger partial charge in [0.05, 0.1) is 5.02 Å². The van der Waals surface area contributed by atoms with Crippen molar-refractivity contribution in [3.05, 3.63) is 58.1 Å². The van der Waals surface area contributed by atoms with Crippen LogP contribution in [0.25, 0.3) is 0 Å². The average molecular weight is 304 g/mol. The Morgan fingerprint density at radius 3 is 2.65 bits per heavy atom. The number of aryl methyl sites for hydroxylation is 2. The van der Waals surface area contributed by atoms with Gasteiger partial charge in [0, 0.05) is 15.8 Å². The lowest BCUT2D eigenvalue weighted by molar-refractivity contribution is 0.817. The van der Waals surface area contributed by atoms with E-state index in [4.69, 9.17) is 17.3 Å². The summed E-state index contributed by atoms with van der Waals surface area (Å²) in [6.07, 6.45) is 3.72. The molecule has 2 N–H and O–H groups in total. The van der Waals surface area contributed by atoms with Gasteiger partial charge in [-0.05, 0) is 67.1 Å². The Hall–Kier alpha value is -0.960. The molecular formula is C17H18ClNS. The molecule has 104 valence electrons. The quantitative estimate of drug-likeness (QED) is 0.863. The van der Waals surface area contributed by atoms with Crippen LogP contribution in [-0.4, -0.2) is 0 Å². The maximum atomic E-state index is 6.36. The van der Waals surface area contributed by atoms with E-state index >= 15 is 0 Å². The van der Waals surface area contributed by atoms with Crippen molar-refractivity contribution in [2.75, 3.05) is 0 Å². The summed E-state index contributed by atoms with van der Waals surface area (Å²) >= 11 is 8.09. The van der Waals surface area contributed by atoms with Crippen LogP contribution >= 0.6 is 23.4 Å². The van der Waals surface area contributed by atoms with Crippen LogP contribution in [0.1, 0.15) is 36.1 Å². The summed E-state index contributed by atoms with van der Waals surface area (Å²) < 4.78 is 0. The first-order valence-electron chi connectivity index (χ1n) is 6.98. The van der Waals surface area contributed by atoms with Crippen molar-refractivity contribution >= 4 is 23.4 Å². The summed E-state index contributed by atoms with van der Waals surface area (Å²) in [5, 5.41) is 0.783. The van der Waals surface area contributed by atoms with Crippen molar-refractivity contribution in [1.82, 2.24) is 0 Å². The third-order valence-electron chi connectivity index (χ3n) is 3.78. The van der Waals surface area contributed by atoms with Gasteiger partial charge >= 0.3 is 0 Å². The highest BCUT2D eigenvalue weighted by atomic mass is 35.5. The molecular weight excluding hydrogens is 286 g/mol. The molecule has 3 rings (SSSR count). The van der Waals surface area contributed by atoms with Gasteiger partial charge in [0.15, 0.2) is 0 Å². The molecule has 0 spiro atoms. The molecule has 0 aromatic heterocycles. The molecule has 0 fully saturated rings. The predicted octanol–water partition coefficient (Wildman–Crippen LogP) is 5.00. The van der Waals surface area contributed by atoms with Crippen molar-refractivity contribution < 1.29 is 0 Å². The van der Waals surface area contributed by atoms with E-state index in [1.807, 2.05) is 13.0 Å². The predicted molar refractivity (Wildman–Crippen MR) is 86.6 cm³/mol. The highest BCUT2D eigenvalue weighted by Gasteiger charge is 2.12. The zero-order chi connectivity index (χ0) is 14.1. The fourth-order valence-corrected chi connectivity index (χ4v) is 3.81. The average Bonchev–Trinajstić information content (AvgIpc) is 2.88. The molecule has 1 aliphatic carbocycles. The first kappa shape index (κ1) is 14.0. The summed E-state index contributed by atoms with van der Waals surface area (Å²) in [4.78, 5) is 2.36. The Bertz CT molecular complexity index is 637. The molecule has 0 saturated carbocycles. The van der Waals surface area contributed by atoms with Crippen LogP contribution in [-0.2, 0) is 12.8 Å². The molecule has 3 heteroatoms. The first-order valence-corrected chi connectivity index (χ1v) is 8.17. The van der Waals surface area contributed by atoms with Crippen LogP contribution in [0.2, 0.25) is 5.02 Å². The Labute approximate surface area is 129 Å². The number of rotatable bonds is 3. The Kier molecular flexibility index (Phi) is 4.06. The Morgan fingerprint density at radius 2 is 1.90 bits per heavy atom. The molecule has 2 aromatic rings. The monoisotopic (exact) mass is 303 g/mol. The van der Waals surface area contributed by atoms with Crippen molar-refractivity contribution in [2.45, 2.75) is 42.0 Å². The van der Waals surface area contributed by atoms with E-state index in [1.165, 1.54) is 35.3 Å². The molecule has 1 nitrogen and oxygen atoms in total. The molecule has 0 heterocycles. The highest BCUT2D eigenvalue weighted by molar-refractivity contribution is 7.99. The van der Waals surface area contributed by atoms with E-state index < -0.39 is 0 Å². The largest absolute Gasteiger partial charge is 0.324 e. The van der Waals surface area contributed by atoms with Crippen LogP contribution in [0.5, 0.6) is 0 Å². The van der Waals surface area contributed by atoms with Gasteiger partial charge in [-0.25, -0.2) is 0 Å². The van der Waals surface area contributed by atoms with Crippen molar-refractivity contribution in [1.29, 1.82) is 0 Å². The second-order valence-corrected chi connectivity index (χ2v) is 6.89. The zero-order valence-electron chi connectivity index (χ0n) is 11.5. The van der Waals surface area contributed by atoms with E-state index in [1.54, 1.807) is 11.8 Å². The number of fused-ring (bicyclic) bond motifs is 1. The molecule has 0 unspecified atom stereocenters. The lowest BCUT2D eigenvalue weighted by atomic mass is 10.1. The van der Waals surface area contributed by atoms with Gasteiger partial charge in [-0.3, -0.25) is 0 Å². The number of halogens is 1. The van der Waals surface area contributed by atoms with Crippen LogP contribution in [0.3, 0.4) is 0 Å². The topological polar surface area (TPSA) is 26.0 Å². The third-order valence-corrected chi connectivity index (χ3v) is 5.27. The van der Waals surface area contributed by atoms with E-state index in [9.17, 15) is 0 Å². The van der Waals surface area contributed by atoms with E-state index in [0.29, 0.717) is 0 Å². The van der Waals surface area contributed by atoms with Gasteiger partial charge in [0.25, 0.3) is 0 Å². The van der Waals surface area contributed by atoms with Crippen LogP contribution in [0.4, 0.5) is 0 Å². The fraction of sp³-hybridized carbons (Fsp3) is 0.294. The van der Waals surface area contributed by atoms with Crippen molar-refractivity contribution in [3.8, 4) is 0 Å². The number of benzene rings is 2. The molecule has 0 bridgehead atoms. The van der Waals surface area contributed by atoms with Gasteiger partial charge in [0.1, 0.15) is 0 Å². The van der Waals surface area contributed by atoms with Gasteiger partial charge in [-0.1, -0.05) is 35.5 Å². The molecule has 0 saturated heterocycles. The van der Waals surface area contributed by atoms with Gasteiger partial charge in [0.2, 0.25) is 0 Å². The number of nitrogens with two attached hydrogens (primary N) is 1. The minimum atomic E-state index is 0.0199. The fourth-order valence-electron chi connectivity index (χ4n) is 2.62. The second kappa shape index (κ2) is 5.80.